The number of fused-ring (bicyclic) bond motifs is 6. The third-order valence-corrected chi connectivity index (χ3v) is 7.33. The molecule has 0 unspecified atom stereocenters. The zero-order valence-corrected chi connectivity index (χ0v) is 28.5. The van der Waals surface area contributed by atoms with E-state index in [1.165, 1.54) is 12.4 Å². The zero-order valence-electron chi connectivity index (χ0n) is 25.8. The van der Waals surface area contributed by atoms with Gasteiger partial charge < -0.3 is 25.8 Å². The minimum atomic E-state index is -1.50. The summed E-state index contributed by atoms with van der Waals surface area (Å²) in [5.74, 6) is 0. The van der Waals surface area contributed by atoms with Crippen LogP contribution >= 0.6 is 24.4 Å². The smallest absolute Gasteiger partial charge is 0.364 e. The van der Waals surface area contributed by atoms with E-state index in [-0.39, 0.29) is 27.9 Å². The van der Waals surface area contributed by atoms with Crippen LogP contribution in [0, 0.1) is 10.1 Å². The maximum Gasteiger partial charge on any atom is 3.00 e. The van der Waals surface area contributed by atoms with Crippen molar-refractivity contribution in [1.29, 1.82) is 0 Å². The van der Waals surface area contributed by atoms with Crippen LogP contribution in [0.25, 0.3) is 43.4 Å². The third-order valence-electron chi connectivity index (χ3n) is 6.74. The molecule has 7 N–H and O–H groups in total. The number of rotatable bonds is 4. The average Bonchev–Trinajstić information content (AvgIpc) is 3.08. The molecule has 14 nitrogen and oxygen atoms in total. The first kappa shape index (κ1) is 37.7. The number of hydrogen-bond donors (Lipinski definition) is 7. The van der Waals surface area contributed by atoms with Crippen molar-refractivity contribution in [2.75, 3.05) is 14.1 Å². The Balaban J connectivity index is 0.000000235. The largest absolute Gasteiger partial charge is 3.00 e. The summed E-state index contributed by atoms with van der Waals surface area (Å²) in [6, 6.07) is 27.5. The normalized spacial score (nSPS) is 10.5. The van der Waals surface area contributed by atoms with E-state index in [0.717, 1.165) is 43.4 Å². The third kappa shape index (κ3) is 10.1. The standard InChI is InChI=1S/2C16H14N4OS.Co.HNO3/c2*1-17-16(22)20-18-9-12-8-11-7-6-10-4-2-3-5-13(10)14(11)19-15(12)21;;2-1(3)4/h2*2-9H,1H3,(H,19,21)(H2,17,20,22);;(H,2,3,4)/q;;+3;/b2*18-9+;;. The molecule has 0 aliphatic carbocycles. The molecule has 0 aliphatic rings. The van der Waals surface area contributed by atoms with Gasteiger partial charge in [-0.05, 0) is 58.1 Å². The van der Waals surface area contributed by atoms with Gasteiger partial charge >= 0.3 is 16.8 Å². The first-order chi connectivity index (χ1) is 23.1. The number of nitrogens with zero attached hydrogens (tertiary/aromatic N) is 3. The number of H-pyrrole nitrogens is 2. The first-order valence-corrected chi connectivity index (χ1v) is 14.9. The van der Waals surface area contributed by atoms with Crippen molar-refractivity contribution in [1.82, 2.24) is 31.5 Å². The van der Waals surface area contributed by atoms with Crippen LogP contribution in [0.3, 0.4) is 0 Å². The van der Waals surface area contributed by atoms with Crippen molar-refractivity contribution < 1.29 is 27.1 Å². The molecule has 250 valence electrons. The minimum Gasteiger partial charge on any atom is -0.364 e. The van der Waals surface area contributed by atoms with Crippen LogP contribution in [0.5, 0.6) is 0 Å². The zero-order chi connectivity index (χ0) is 34.6. The maximum absolute atomic E-state index is 12.2. The van der Waals surface area contributed by atoms with Gasteiger partial charge in [-0.2, -0.15) is 10.2 Å². The molecule has 2 aromatic heterocycles. The van der Waals surface area contributed by atoms with Gasteiger partial charge in [0.15, 0.2) is 10.2 Å². The van der Waals surface area contributed by atoms with E-state index in [9.17, 15) is 9.59 Å². The van der Waals surface area contributed by atoms with Crippen molar-refractivity contribution in [3.63, 3.8) is 0 Å². The van der Waals surface area contributed by atoms with Crippen molar-refractivity contribution >= 4 is 90.4 Å². The van der Waals surface area contributed by atoms with Gasteiger partial charge in [-0.3, -0.25) is 20.4 Å². The molecule has 6 aromatic rings. The second kappa shape index (κ2) is 18.0. The fourth-order valence-corrected chi connectivity index (χ4v) is 4.66. The summed E-state index contributed by atoms with van der Waals surface area (Å²) in [5, 5.41) is 33.9. The van der Waals surface area contributed by atoms with E-state index in [2.05, 4.69) is 41.7 Å². The molecular formula is C32H29CoN9O5S2+3. The molecule has 17 heteroatoms. The summed E-state index contributed by atoms with van der Waals surface area (Å²) in [6.45, 7) is 0. The Bertz CT molecular complexity index is 2170. The summed E-state index contributed by atoms with van der Waals surface area (Å²) in [4.78, 5) is 38.6. The first-order valence-electron chi connectivity index (χ1n) is 14.1. The second-order valence-electron chi connectivity index (χ2n) is 9.75. The quantitative estimate of drug-likeness (QED) is 0.0455. The molecule has 2 heterocycles. The van der Waals surface area contributed by atoms with Crippen LogP contribution in [0.2, 0.25) is 0 Å². The Hall–Kier alpha value is -5.75. The number of thiocarbonyl (C=S) groups is 2. The molecule has 0 bridgehead atoms. The van der Waals surface area contributed by atoms with Gasteiger partial charge in [-0.15, -0.1) is 10.1 Å². The van der Waals surface area contributed by atoms with E-state index in [0.29, 0.717) is 21.4 Å². The fraction of sp³-hybridized carbons (Fsp3) is 0.0625. The summed E-state index contributed by atoms with van der Waals surface area (Å²) >= 11 is 9.82. The Morgan fingerprint density at radius 2 is 1.06 bits per heavy atom. The second-order valence-corrected chi connectivity index (χ2v) is 10.6. The summed E-state index contributed by atoms with van der Waals surface area (Å²) < 4.78 is 0. The van der Waals surface area contributed by atoms with Crippen LogP contribution < -0.4 is 32.6 Å². The average molecular weight is 743 g/mol. The number of pyridine rings is 2. The molecule has 0 atom stereocenters. The molecule has 0 amide bonds. The van der Waals surface area contributed by atoms with E-state index in [1.54, 1.807) is 14.1 Å². The number of benzene rings is 4. The predicted octanol–water partition coefficient (Wildman–Crippen LogP) is 3.87. The molecule has 4 aromatic carbocycles. The van der Waals surface area contributed by atoms with Gasteiger partial charge in [0.05, 0.1) is 34.6 Å². The van der Waals surface area contributed by atoms with Crippen LogP contribution in [-0.2, 0) is 16.8 Å². The van der Waals surface area contributed by atoms with Crippen molar-refractivity contribution in [3.8, 4) is 0 Å². The Morgan fingerprint density at radius 3 is 1.43 bits per heavy atom. The van der Waals surface area contributed by atoms with Gasteiger partial charge in [0.25, 0.3) is 16.2 Å². The van der Waals surface area contributed by atoms with E-state index in [1.807, 2.05) is 84.9 Å². The molecule has 0 fully saturated rings. The van der Waals surface area contributed by atoms with E-state index < -0.39 is 5.09 Å². The summed E-state index contributed by atoms with van der Waals surface area (Å²) in [5.41, 5.74) is 7.46. The van der Waals surface area contributed by atoms with Crippen LogP contribution in [0.15, 0.2) is 105 Å². The van der Waals surface area contributed by atoms with Gasteiger partial charge in [-0.1, -0.05) is 72.8 Å². The number of hydrazone groups is 2. The van der Waals surface area contributed by atoms with Gasteiger partial charge in [0.1, 0.15) is 0 Å². The number of nitrogens with one attached hydrogen (secondary N) is 6. The molecule has 49 heavy (non-hydrogen) atoms. The monoisotopic (exact) mass is 742 g/mol. The molecule has 0 saturated carbocycles. The van der Waals surface area contributed by atoms with E-state index in [4.69, 9.17) is 39.8 Å². The predicted molar refractivity (Wildman–Crippen MR) is 198 cm³/mol. The minimum absolute atomic E-state index is 0. The van der Waals surface area contributed by atoms with Gasteiger partial charge in [-0.25, -0.2) is 0 Å². The van der Waals surface area contributed by atoms with E-state index >= 15 is 0 Å². The number of hydrogen-bond acceptors (Lipinski definition) is 8. The molecule has 0 saturated heterocycles. The Labute approximate surface area is 299 Å². The molecular weight excluding hydrogens is 713 g/mol. The Kier molecular flexibility index (Phi) is 13.8. The number of aromatic nitrogens is 2. The SMILES string of the molecule is CNC(=S)N/N=C/c1cc2ccc3ccccc3c2[nH]c1=O.CNC(=S)N/N=C/c1cc2ccc3ccccc3c2[nH]c1=O.O=[N+]([O-])O.[Co+3]. The fourth-order valence-electron chi connectivity index (χ4n) is 4.56. The number of aromatic amines is 2. The Morgan fingerprint density at radius 1 is 0.714 bits per heavy atom. The molecule has 0 aliphatic heterocycles. The summed E-state index contributed by atoms with van der Waals surface area (Å²) in [7, 11) is 3.39. The molecule has 6 rings (SSSR count). The van der Waals surface area contributed by atoms with Gasteiger partial charge in [0.2, 0.25) is 0 Å². The van der Waals surface area contributed by atoms with Crippen molar-refractivity contribution in [2.45, 2.75) is 0 Å². The molecule has 0 radical (unpaired) electrons. The van der Waals surface area contributed by atoms with Crippen LogP contribution in [0.1, 0.15) is 11.1 Å². The summed E-state index contributed by atoms with van der Waals surface area (Å²) in [6.07, 6.45) is 2.91. The topological polar surface area (TPSA) is 202 Å². The van der Waals surface area contributed by atoms with Gasteiger partial charge in [0, 0.05) is 24.9 Å². The van der Waals surface area contributed by atoms with Crippen LogP contribution in [0.4, 0.5) is 0 Å². The van der Waals surface area contributed by atoms with Crippen molar-refractivity contribution in [3.05, 3.63) is 127 Å². The maximum atomic E-state index is 12.2. The van der Waals surface area contributed by atoms with Crippen LogP contribution in [-0.4, -0.2) is 57.0 Å². The van der Waals surface area contributed by atoms with Crippen molar-refractivity contribution in [2.24, 2.45) is 10.2 Å². The molecule has 0 spiro atoms.